The summed E-state index contributed by atoms with van der Waals surface area (Å²) in [6.45, 7) is 3.42. The molecular weight excluding hydrogens is 324 g/mol. The summed E-state index contributed by atoms with van der Waals surface area (Å²) in [6.07, 6.45) is 2.54. The second kappa shape index (κ2) is 5.47. The molecule has 1 aromatic carbocycles. The second-order valence-corrected chi connectivity index (χ2v) is 6.36. The minimum absolute atomic E-state index is 0. The maximum absolute atomic E-state index is 3.58. The maximum Gasteiger partial charge on any atom is 0.0498 e. The standard InChI is InChI=1S/C15H19BrN2.ClH/c1-10-12-9-11(16)6-7-13(12)18-8-4-5-14(15(10)18)17(2)3;/h6-7,9,14H,4-5,8H2,1-3H3;1H. The Balaban J connectivity index is 0.00000133. The maximum atomic E-state index is 3.58. The first-order valence-electron chi connectivity index (χ1n) is 6.54. The van der Waals surface area contributed by atoms with Gasteiger partial charge in [0.25, 0.3) is 0 Å². The molecular formula is C15H20BrClN2. The minimum Gasteiger partial charge on any atom is -0.343 e. The SMILES string of the molecule is Cc1c2n(c3ccc(Br)cc13)CCCC2N(C)C.Cl. The van der Waals surface area contributed by atoms with Gasteiger partial charge in [0.05, 0.1) is 0 Å². The molecule has 1 aliphatic heterocycles. The smallest absolute Gasteiger partial charge is 0.0498 e. The molecule has 1 atom stereocenters. The van der Waals surface area contributed by atoms with E-state index in [-0.39, 0.29) is 12.4 Å². The van der Waals surface area contributed by atoms with Crippen molar-refractivity contribution < 1.29 is 0 Å². The minimum atomic E-state index is 0. The Kier molecular flexibility index (Phi) is 4.29. The van der Waals surface area contributed by atoms with Crippen molar-refractivity contribution in [1.29, 1.82) is 0 Å². The van der Waals surface area contributed by atoms with Crippen molar-refractivity contribution in [3.63, 3.8) is 0 Å². The summed E-state index contributed by atoms with van der Waals surface area (Å²) in [4.78, 5) is 2.35. The van der Waals surface area contributed by atoms with Gasteiger partial charge in [0.2, 0.25) is 0 Å². The molecule has 0 N–H and O–H groups in total. The van der Waals surface area contributed by atoms with E-state index < -0.39 is 0 Å². The van der Waals surface area contributed by atoms with E-state index in [9.17, 15) is 0 Å². The molecule has 4 heteroatoms. The van der Waals surface area contributed by atoms with E-state index in [0.29, 0.717) is 6.04 Å². The number of aromatic nitrogens is 1. The van der Waals surface area contributed by atoms with Crippen molar-refractivity contribution in [2.24, 2.45) is 0 Å². The van der Waals surface area contributed by atoms with Gasteiger partial charge in [-0.25, -0.2) is 0 Å². The first-order valence-corrected chi connectivity index (χ1v) is 7.33. The second-order valence-electron chi connectivity index (χ2n) is 5.44. The Morgan fingerprint density at radius 2 is 2.05 bits per heavy atom. The highest BCUT2D eigenvalue weighted by Crippen LogP contribution is 2.38. The normalized spacial score (nSPS) is 18.5. The van der Waals surface area contributed by atoms with Crippen LogP contribution >= 0.6 is 28.3 Å². The van der Waals surface area contributed by atoms with Crippen LogP contribution in [0.5, 0.6) is 0 Å². The van der Waals surface area contributed by atoms with E-state index in [0.717, 1.165) is 6.54 Å². The monoisotopic (exact) mass is 342 g/mol. The Morgan fingerprint density at radius 1 is 1.32 bits per heavy atom. The van der Waals surface area contributed by atoms with Crippen LogP contribution in [0.25, 0.3) is 10.9 Å². The van der Waals surface area contributed by atoms with Crippen LogP contribution in [0.4, 0.5) is 0 Å². The summed E-state index contributed by atoms with van der Waals surface area (Å²) >= 11 is 3.58. The van der Waals surface area contributed by atoms with Crippen molar-refractivity contribution in [3.05, 3.63) is 33.9 Å². The van der Waals surface area contributed by atoms with Gasteiger partial charge in [0.1, 0.15) is 0 Å². The third-order valence-electron chi connectivity index (χ3n) is 4.13. The molecule has 1 aromatic heterocycles. The van der Waals surface area contributed by atoms with Crippen LogP contribution < -0.4 is 0 Å². The van der Waals surface area contributed by atoms with Crippen molar-refractivity contribution >= 4 is 39.2 Å². The number of hydrogen-bond donors (Lipinski definition) is 0. The molecule has 0 bridgehead atoms. The Bertz CT molecular complexity index is 604. The molecule has 2 heterocycles. The summed E-state index contributed by atoms with van der Waals surface area (Å²) in [5, 5.41) is 1.40. The summed E-state index contributed by atoms with van der Waals surface area (Å²) in [6, 6.07) is 7.20. The number of aryl methyl sites for hydroxylation is 2. The predicted octanol–water partition coefficient (Wildman–Crippen LogP) is 4.53. The van der Waals surface area contributed by atoms with Gasteiger partial charge < -0.3 is 9.47 Å². The zero-order chi connectivity index (χ0) is 12.9. The topological polar surface area (TPSA) is 8.17 Å². The molecule has 0 aliphatic carbocycles. The number of hydrogen-bond acceptors (Lipinski definition) is 1. The van der Waals surface area contributed by atoms with Crippen molar-refractivity contribution in [2.45, 2.75) is 32.4 Å². The number of halogens is 2. The largest absolute Gasteiger partial charge is 0.343 e. The molecule has 0 saturated heterocycles. The Morgan fingerprint density at radius 3 is 2.74 bits per heavy atom. The van der Waals surface area contributed by atoms with Crippen LogP contribution in [0.2, 0.25) is 0 Å². The van der Waals surface area contributed by atoms with Gasteiger partial charge in [-0.05, 0) is 57.6 Å². The van der Waals surface area contributed by atoms with Crippen LogP contribution in [0.3, 0.4) is 0 Å². The number of nitrogens with zero attached hydrogens (tertiary/aromatic N) is 2. The fourth-order valence-corrected chi connectivity index (χ4v) is 3.63. The van der Waals surface area contributed by atoms with E-state index >= 15 is 0 Å². The zero-order valence-electron chi connectivity index (χ0n) is 11.6. The molecule has 0 saturated carbocycles. The van der Waals surface area contributed by atoms with Gasteiger partial charge in [0.15, 0.2) is 0 Å². The van der Waals surface area contributed by atoms with Crippen LogP contribution in [-0.2, 0) is 6.54 Å². The molecule has 19 heavy (non-hydrogen) atoms. The molecule has 0 fully saturated rings. The summed E-state index contributed by atoms with van der Waals surface area (Å²) in [5.74, 6) is 0. The van der Waals surface area contributed by atoms with E-state index in [4.69, 9.17) is 0 Å². The summed E-state index contributed by atoms with van der Waals surface area (Å²) in [7, 11) is 4.38. The van der Waals surface area contributed by atoms with Crippen LogP contribution in [-0.4, -0.2) is 23.6 Å². The molecule has 2 aromatic rings. The Hall–Kier alpha value is -0.510. The summed E-state index contributed by atoms with van der Waals surface area (Å²) in [5.41, 5.74) is 4.35. The number of rotatable bonds is 1. The predicted molar refractivity (Wildman–Crippen MR) is 87.3 cm³/mol. The molecule has 1 unspecified atom stereocenters. The van der Waals surface area contributed by atoms with Crippen LogP contribution in [0.15, 0.2) is 22.7 Å². The average Bonchev–Trinajstić information content (AvgIpc) is 2.63. The lowest BCUT2D eigenvalue weighted by Crippen LogP contribution is -2.27. The van der Waals surface area contributed by atoms with Gasteiger partial charge in [-0.15, -0.1) is 12.4 Å². The molecule has 104 valence electrons. The van der Waals surface area contributed by atoms with Gasteiger partial charge >= 0.3 is 0 Å². The quantitative estimate of drug-likeness (QED) is 0.738. The summed E-state index contributed by atoms with van der Waals surface area (Å²) < 4.78 is 3.69. The van der Waals surface area contributed by atoms with Crippen molar-refractivity contribution in [1.82, 2.24) is 9.47 Å². The van der Waals surface area contributed by atoms with E-state index in [1.807, 2.05) is 0 Å². The van der Waals surface area contributed by atoms with E-state index in [2.05, 4.69) is 64.6 Å². The number of fused-ring (bicyclic) bond motifs is 3. The molecule has 0 amide bonds. The molecule has 3 rings (SSSR count). The number of benzene rings is 1. The fraction of sp³-hybridized carbons (Fsp3) is 0.467. The van der Waals surface area contributed by atoms with Gasteiger partial charge in [-0.3, -0.25) is 0 Å². The lowest BCUT2D eigenvalue weighted by Gasteiger charge is -2.31. The molecule has 2 nitrogen and oxygen atoms in total. The highest BCUT2D eigenvalue weighted by Gasteiger charge is 2.26. The Labute approximate surface area is 129 Å². The first-order chi connectivity index (χ1) is 8.59. The molecule has 0 spiro atoms. The highest BCUT2D eigenvalue weighted by atomic mass is 79.9. The van der Waals surface area contributed by atoms with Gasteiger partial charge in [0, 0.05) is 33.7 Å². The highest BCUT2D eigenvalue weighted by molar-refractivity contribution is 9.10. The molecule has 0 radical (unpaired) electrons. The van der Waals surface area contributed by atoms with Crippen LogP contribution in [0, 0.1) is 6.92 Å². The van der Waals surface area contributed by atoms with E-state index in [1.54, 1.807) is 0 Å². The van der Waals surface area contributed by atoms with Crippen LogP contribution in [0.1, 0.15) is 30.1 Å². The van der Waals surface area contributed by atoms with E-state index in [1.165, 1.54) is 39.5 Å². The third kappa shape index (κ3) is 2.32. The van der Waals surface area contributed by atoms with Gasteiger partial charge in [-0.2, -0.15) is 0 Å². The van der Waals surface area contributed by atoms with Crippen molar-refractivity contribution in [2.75, 3.05) is 14.1 Å². The fourth-order valence-electron chi connectivity index (χ4n) is 3.27. The molecule has 1 aliphatic rings. The van der Waals surface area contributed by atoms with Crippen molar-refractivity contribution in [3.8, 4) is 0 Å². The third-order valence-corrected chi connectivity index (χ3v) is 4.62. The zero-order valence-corrected chi connectivity index (χ0v) is 14.0. The average molecular weight is 344 g/mol. The lowest BCUT2D eigenvalue weighted by atomic mass is 10.00. The van der Waals surface area contributed by atoms with Gasteiger partial charge in [-0.1, -0.05) is 15.9 Å². The lowest BCUT2D eigenvalue weighted by molar-refractivity contribution is 0.244. The first kappa shape index (κ1) is 14.9.